The van der Waals surface area contributed by atoms with Crippen molar-refractivity contribution < 1.29 is 19.4 Å². The average Bonchev–Trinajstić information content (AvgIpc) is 2.34. The Kier molecular flexibility index (Phi) is 3.81. The minimum absolute atomic E-state index is 0.0104. The second-order valence-electron chi connectivity index (χ2n) is 5.87. The fraction of sp³-hybridized carbons (Fsp3) is 0.467. The largest absolute Gasteiger partial charge is 0.444 e. The molecule has 1 unspecified atom stereocenters. The van der Waals surface area contributed by atoms with Gasteiger partial charge in [-0.15, -0.1) is 0 Å². The van der Waals surface area contributed by atoms with E-state index in [-0.39, 0.29) is 12.3 Å². The predicted molar refractivity (Wildman–Crippen MR) is 73.1 cm³/mol. The van der Waals surface area contributed by atoms with E-state index in [0.29, 0.717) is 5.56 Å². The number of carbonyl (C=O) groups is 2. The highest BCUT2D eigenvalue weighted by Crippen LogP contribution is 2.29. The van der Waals surface area contributed by atoms with Gasteiger partial charge in [-0.25, -0.2) is 4.79 Å². The lowest BCUT2D eigenvalue weighted by Gasteiger charge is -2.42. The van der Waals surface area contributed by atoms with Crippen LogP contribution in [0.4, 0.5) is 4.79 Å². The molecule has 2 rings (SSSR count). The summed E-state index contributed by atoms with van der Waals surface area (Å²) in [5, 5.41) is 10.3. The zero-order valence-corrected chi connectivity index (χ0v) is 11.9. The van der Waals surface area contributed by atoms with Gasteiger partial charge in [0.1, 0.15) is 17.7 Å². The molecule has 1 fully saturated rings. The summed E-state index contributed by atoms with van der Waals surface area (Å²) < 4.78 is 5.23. The summed E-state index contributed by atoms with van der Waals surface area (Å²) in [4.78, 5) is 25.0. The highest BCUT2D eigenvalue weighted by Gasteiger charge is 2.47. The molecule has 1 aromatic carbocycles. The van der Waals surface area contributed by atoms with Crippen LogP contribution in [0.1, 0.15) is 32.4 Å². The molecular formula is C15H19NO4. The van der Waals surface area contributed by atoms with Crippen LogP contribution in [-0.4, -0.2) is 40.1 Å². The van der Waals surface area contributed by atoms with Crippen LogP contribution in [0, 0.1) is 0 Å². The number of nitrogens with zero attached hydrogens (tertiary/aromatic N) is 1. The quantitative estimate of drug-likeness (QED) is 0.896. The van der Waals surface area contributed by atoms with E-state index in [1.807, 2.05) is 6.07 Å². The number of amides is 1. The molecule has 20 heavy (non-hydrogen) atoms. The maximum Gasteiger partial charge on any atom is 0.411 e. The molecule has 1 saturated heterocycles. The molecule has 0 radical (unpaired) electrons. The minimum Gasteiger partial charge on any atom is -0.444 e. The maximum atomic E-state index is 12.0. The van der Waals surface area contributed by atoms with Crippen molar-refractivity contribution in [3.05, 3.63) is 35.9 Å². The molecule has 5 heteroatoms. The molecule has 1 N–H and O–H groups in total. The molecular weight excluding hydrogens is 258 g/mol. The first kappa shape index (κ1) is 14.5. The number of ether oxygens (including phenoxy) is 1. The third-order valence-electron chi connectivity index (χ3n) is 3.06. The Morgan fingerprint density at radius 1 is 1.35 bits per heavy atom. The summed E-state index contributed by atoms with van der Waals surface area (Å²) in [6.45, 7) is 5.27. The Morgan fingerprint density at radius 2 is 1.95 bits per heavy atom. The van der Waals surface area contributed by atoms with Crippen molar-refractivity contribution in [1.82, 2.24) is 4.90 Å². The maximum absolute atomic E-state index is 12.0. The highest BCUT2D eigenvalue weighted by molar-refractivity contribution is 5.98. The first-order valence-corrected chi connectivity index (χ1v) is 6.55. The lowest BCUT2D eigenvalue weighted by atomic mass is 9.91. The van der Waals surface area contributed by atoms with Crippen LogP contribution in [0.2, 0.25) is 0 Å². The highest BCUT2D eigenvalue weighted by atomic mass is 16.6. The van der Waals surface area contributed by atoms with Crippen LogP contribution < -0.4 is 0 Å². The number of carbonyl (C=O) groups excluding carboxylic acids is 2. The molecule has 0 spiro atoms. The standard InChI is InChI=1S/C15H19NO4/c1-15(2,3)20-14(19)16-9-11(17)12(16)13(18)10-7-5-4-6-8-10/h4-8,12-13,18H,9H2,1-3H3/t12-,13?/m1/s1. The number of likely N-dealkylation sites (tertiary alicyclic amines) is 1. The third kappa shape index (κ3) is 2.99. The number of hydrogen-bond acceptors (Lipinski definition) is 4. The SMILES string of the molecule is CC(C)(C)OC(=O)N1CC(=O)[C@@H]1C(O)c1ccccc1. The van der Waals surface area contributed by atoms with Gasteiger partial charge in [-0.05, 0) is 26.3 Å². The number of rotatable bonds is 2. The molecule has 108 valence electrons. The number of Topliss-reactive ketones (excluding diaryl/α,β-unsaturated/α-hetero) is 1. The van der Waals surface area contributed by atoms with Gasteiger partial charge in [0.25, 0.3) is 0 Å². The van der Waals surface area contributed by atoms with E-state index in [4.69, 9.17) is 4.74 Å². The second-order valence-corrected chi connectivity index (χ2v) is 5.87. The van der Waals surface area contributed by atoms with Gasteiger partial charge in [-0.1, -0.05) is 30.3 Å². The monoisotopic (exact) mass is 277 g/mol. The van der Waals surface area contributed by atoms with Crippen molar-refractivity contribution in [2.75, 3.05) is 6.54 Å². The molecule has 2 atom stereocenters. The van der Waals surface area contributed by atoms with Gasteiger partial charge in [0.05, 0.1) is 6.54 Å². The van der Waals surface area contributed by atoms with Gasteiger partial charge in [0.15, 0.2) is 5.78 Å². The molecule has 1 heterocycles. The van der Waals surface area contributed by atoms with E-state index >= 15 is 0 Å². The molecule has 1 amide bonds. The van der Waals surface area contributed by atoms with Crippen LogP contribution in [0.3, 0.4) is 0 Å². The number of hydrogen-bond donors (Lipinski definition) is 1. The first-order chi connectivity index (χ1) is 9.29. The first-order valence-electron chi connectivity index (χ1n) is 6.55. The summed E-state index contributed by atoms with van der Waals surface area (Å²) in [5.41, 5.74) is -0.0167. The zero-order valence-electron chi connectivity index (χ0n) is 11.9. The van der Waals surface area contributed by atoms with Gasteiger partial charge in [0, 0.05) is 0 Å². The predicted octanol–water partition coefficient (Wildman–Crippen LogP) is 1.91. The Hall–Kier alpha value is -1.88. The summed E-state index contributed by atoms with van der Waals surface area (Å²) in [6.07, 6.45) is -1.60. The summed E-state index contributed by atoms with van der Waals surface area (Å²) >= 11 is 0. The average molecular weight is 277 g/mol. The van der Waals surface area contributed by atoms with Gasteiger partial charge < -0.3 is 9.84 Å². The van der Waals surface area contributed by atoms with Crippen molar-refractivity contribution in [2.24, 2.45) is 0 Å². The van der Waals surface area contributed by atoms with E-state index in [1.54, 1.807) is 45.0 Å². The summed E-state index contributed by atoms with van der Waals surface area (Å²) in [7, 11) is 0. The van der Waals surface area contributed by atoms with Crippen molar-refractivity contribution in [1.29, 1.82) is 0 Å². The van der Waals surface area contributed by atoms with E-state index < -0.39 is 23.8 Å². The number of ketones is 1. The van der Waals surface area contributed by atoms with Crippen molar-refractivity contribution in [3.8, 4) is 0 Å². The van der Waals surface area contributed by atoms with Gasteiger partial charge >= 0.3 is 6.09 Å². The van der Waals surface area contributed by atoms with E-state index in [9.17, 15) is 14.7 Å². The van der Waals surface area contributed by atoms with Crippen molar-refractivity contribution >= 4 is 11.9 Å². The molecule has 5 nitrogen and oxygen atoms in total. The smallest absolute Gasteiger partial charge is 0.411 e. The zero-order chi connectivity index (χ0) is 14.9. The molecule has 1 aliphatic heterocycles. The van der Waals surface area contributed by atoms with Crippen LogP contribution in [-0.2, 0) is 9.53 Å². The van der Waals surface area contributed by atoms with E-state index in [0.717, 1.165) is 0 Å². The van der Waals surface area contributed by atoms with Gasteiger partial charge in [-0.3, -0.25) is 9.69 Å². The van der Waals surface area contributed by atoms with Crippen LogP contribution in [0.25, 0.3) is 0 Å². The minimum atomic E-state index is -1.02. The molecule has 0 bridgehead atoms. The fourth-order valence-corrected chi connectivity index (χ4v) is 2.10. The van der Waals surface area contributed by atoms with E-state index in [1.165, 1.54) is 4.90 Å². The molecule has 0 aromatic heterocycles. The Morgan fingerprint density at radius 3 is 2.45 bits per heavy atom. The van der Waals surface area contributed by atoms with Crippen molar-refractivity contribution in [3.63, 3.8) is 0 Å². The van der Waals surface area contributed by atoms with Crippen LogP contribution >= 0.6 is 0 Å². The Balaban J connectivity index is 2.10. The van der Waals surface area contributed by atoms with Crippen LogP contribution in [0.5, 0.6) is 0 Å². The summed E-state index contributed by atoms with van der Waals surface area (Å²) in [5.74, 6) is -0.160. The topological polar surface area (TPSA) is 66.8 Å². The lowest BCUT2D eigenvalue weighted by Crippen LogP contribution is -2.62. The fourth-order valence-electron chi connectivity index (χ4n) is 2.10. The molecule has 1 aromatic rings. The lowest BCUT2D eigenvalue weighted by molar-refractivity contribution is -0.142. The third-order valence-corrected chi connectivity index (χ3v) is 3.06. The molecule has 0 saturated carbocycles. The normalized spacial score (nSPS) is 20.3. The Bertz CT molecular complexity index is 506. The number of aliphatic hydroxyl groups excluding tert-OH is 1. The second kappa shape index (κ2) is 5.25. The van der Waals surface area contributed by atoms with Crippen molar-refractivity contribution in [2.45, 2.75) is 38.5 Å². The summed E-state index contributed by atoms with van der Waals surface area (Å²) in [6, 6.07) is 7.98. The Labute approximate surface area is 118 Å². The van der Waals surface area contributed by atoms with Crippen LogP contribution in [0.15, 0.2) is 30.3 Å². The van der Waals surface area contributed by atoms with E-state index in [2.05, 4.69) is 0 Å². The number of benzene rings is 1. The van der Waals surface area contributed by atoms with Gasteiger partial charge in [-0.2, -0.15) is 0 Å². The molecule has 1 aliphatic rings. The molecule has 0 aliphatic carbocycles. The number of aliphatic hydroxyl groups is 1. The van der Waals surface area contributed by atoms with Gasteiger partial charge in [0.2, 0.25) is 0 Å².